The second-order valence-corrected chi connectivity index (χ2v) is 6.57. The van der Waals surface area contributed by atoms with E-state index in [1.54, 1.807) is 0 Å². The molecule has 1 aromatic rings. The van der Waals surface area contributed by atoms with Crippen molar-refractivity contribution in [2.45, 2.75) is 36.1 Å². The van der Waals surface area contributed by atoms with E-state index in [0.29, 0.717) is 18.4 Å². The quantitative estimate of drug-likeness (QED) is 0.865. The Morgan fingerprint density at radius 1 is 1.26 bits per heavy atom. The minimum absolute atomic E-state index is 0.117. The van der Waals surface area contributed by atoms with Crippen molar-refractivity contribution in [2.75, 3.05) is 6.61 Å². The van der Waals surface area contributed by atoms with E-state index in [1.165, 1.54) is 24.3 Å². The average molecular weight is 280 g/mol. The van der Waals surface area contributed by atoms with Gasteiger partial charge in [-0.2, -0.15) is 5.26 Å². The van der Waals surface area contributed by atoms with Crippen LogP contribution in [-0.2, 0) is 10.0 Å². The lowest BCUT2D eigenvalue weighted by Crippen LogP contribution is -2.49. The third kappa shape index (κ3) is 2.95. The first-order valence-corrected chi connectivity index (χ1v) is 7.65. The summed E-state index contributed by atoms with van der Waals surface area (Å²) in [6.45, 7) is -0.192. The largest absolute Gasteiger partial charge is 0.394 e. The predicted octanol–water partition coefficient (Wildman–Crippen LogP) is 1.14. The lowest BCUT2D eigenvalue weighted by Gasteiger charge is -2.27. The molecule has 0 amide bonds. The van der Waals surface area contributed by atoms with Crippen LogP contribution in [0.2, 0.25) is 0 Å². The molecule has 0 unspecified atom stereocenters. The van der Waals surface area contributed by atoms with Gasteiger partial charge in [-0.1, -0.05) is 12.8 Å². The van der Waals surface area contributed by atoms with Crippen LogP contribution in [0.5, 0.6) is 0 Å². The second-order valence-electron chi connectivity index (χ2n) is 4.89. The first kappa shape index (κ1) is 14.0. The fraction of sp³-hybridized carbons (Fsp3) is 0.462. The van der Waals surface area contributed by atoms with E-state index in [-0.39, 0.29) is 11.5 Å². The molecule has 2 N–H and O–H groups in total. The molecule has 2 rings (SSSR count). The molecule has 6 heteroatoms. The highest BCUT2D eigenvalue weighted by Gasteiger charge is 2.37. The normalized spacial score (nSPS) is 18.1. The molecule has 0 atom stereocenters. The van der Waals surface area contributed by atoms with E-state index in [2.05, 4.69) is 4.72 Å². The summed E-state index contributed by atoms with van der Waals surface area (Å²) in [5, 5.41) is 18.1. The van der Waals surface area contributed by atoms with Gasteiger partial charge in [0.1, 0.15) is 0 Å². The highest BCUT2D eigenvalue weighted by Crippen LogP contribution is 2.30. The highest BCUT2D eigenvalue weighted by atomic mass is 32.2. The van der Waals surface area contributed by atoms with Crippen molar-refractivity contribution in [3.63, 3.8) is 0 Å². The van der Waals surface area contributed by atoms with Crippen LogP contribution in [-0.4, -0.2) is 25.7 Å². The standard InChI is InChI=1S/C13H16N2O3S/c14-9-11-3-5-12(6-4-11)19(17,18)15-13(10-16)7-1-2-8-13/h3-6,15-16H,1-2,7-8,10H2. The molecule has 0 heterocycles. The van der Waals surface area contributed by atoms with Crippen LogP contribution >= 0.6 is 0 Å². The van der Waals surface area contributed by atoms with Crippen LogP contribution < -0.4 is 4.72 Å². The molecule has 0 spiro atoms. The number of aliphatic hydroxyl groups excluding tert-OH is 1. The SMILES string of the molecule is N#Cc1ccc(S(=O)(=O)NC2(CO)CCCC2)cc1. The molecule has 0 saturated heterocycles. The summed E-state index contributed by atoms with van der Waals surface area (Å²) in [7, 11) is -3.66. The van der Waals surface area contributed by atoms with E-state index >= 15 is 0 Å². The molecule has 0 aromatic heterocycles. The molecule has 1 saturated carbocycles. The van der Waals surface area contributed by atoms with Crippen molar-refractivity contribution in [3.05, 3.63) is 29.8 Å². The number of hydrogen-bond acceptors (Lipinski definition) is 4. The van der Waals surface area contributed by atoms with E-state index in [1.807, 2.05) is 6.07 Å². The molecule has 0 aliphatic heterocycles. The zero-order chi connectivity index (χ0) is 13.9. The molecule has 1 fully saturated rings. The molecular formula is C13H16N2O3S. The van der Waals surface area contributed by atoms with Crippen molar-refractivity contribution >= 4 is 10.0 Å². The third-order valence-corrected chi connectivity index (χ3v) is 5.10. The summed E-state index contributed by atoms with van der Waals surface area (Å²) < 4.78 is 27.1. The number of benzene rings is 1. The molecular weight excluding hydrogens is 264 g/mol. The Morgan fingerprint density at radius 3 is 2.32 bits per heavy atom. The molecule has 1 aromatic carbocycles. The van der Waals surface area contributed by atoms with Crippen molar-refractivity contribution in [2.24, 2.45) is 0 Å². The van der Waals surface area contributed by atoms with Crippen LogP contribution in [0.4, 0.5) is 0 Å². The summed E-state index contributed by atoms with van der Waals surface area (Å²) in [5.41, 5.74) is -0.316. The van der Waals surface area contributed by atoms with Gasteiger partial charge in [0.2, 0.25) is 10.0 Å². The van der Waals surface area contributed by atoms with E-state index < -0.39 is 15.6 Å². The third-order valence-electron chi connectivity index (χ3n) is 3.51. The zero-order valence-corrected chi connectivity index (χ0v) is 11.3. The average Bonchev–Trinajstić information content (AvgIpc) is 2.87. The Labute approximate surface area is 112 Å². The fourth-order valence-corrected chi connectivity index (χ4v) is 3.85. The van der Waals surface area contributed by atoms with Gasteiger partial charge in [0.05, 0.1) is 28.7 Å². The summed E-state index contributed by atoms with van der Waals surface area (Å²) >= 11 is 0. The van der Waals surface area contributed by atoms with Gasteiger partial charge < -0.3 is 5.11 Å². The van der Waals surface area contributed by atoms with Gasteiger partial charge in [-0.25, -0.2) is 13.1 Å². The second kappa shape index (κ2) is 5.29. The van der Waals surface area contributed by atoms with Crippen LogP contribution in [0, 0.1) is 11.3 Å². The molecule has 19 heavy (non-hydrogen) atoms. The number of nitriles is 1. The maximum absolute atomic E-state index is 12.2. The van der Waals surface area contributed by atoms with Crippen LogP contribution in [0.3, 0.4) is 0 Å². The van der Waals surface area contributed by atoms with Gasteiger partial charge >= 0.3 is 0 Å². The summed E-state index contributed by atoms with van der Waals surface area (Å²) in [5.74, 6) is 0. The monoisotopic (exact) mass is 280 g/mol. The van der Waals surface area contributed by atoms with Gasteiger partial charge in [0.15, 0.2) is 0 Å². The number of nitrogens with one attached hydrogen (secondary N) is 1. The summed E-state index contributed by atoms with van der Waals surface area (Å²) in [6.07, 6.45) is 3.13. The van der Waals surface area contributed by atoms with Gasteiger partial charge in [0.25, 0.3) is 0 Å². The summed E-state index contributed by atoms with van der Waals surface area (Å²) in [4.78, 5) is 0.117. The van der Waals surface area contributed by atoms with Gasteiger partial charge in [0, 0.05) is 0 Å². The van der Waals surface area contributed by atoms with Crippen LogP contribution in [0.25, 0.3) is 0 Å². The highest BCUT2D eigenvalue weighted by molar-refractivity contribution is 7.89. The minimum atomic E-state index is -3.66. The first-order chi connectivity index (χ1) is 9.01. The Hall–Kier alpha value is -1.42. The lowest BCUT2D eigenvalue weighted by atomic mass is 10.0. The topological polar surface area (TPSA) is 90.2 Å². The van der Waals surface area contributed by atoms with E-state index in [9.17, 15) is 13.5 Å². The molecule has 1 aliphatic rings. The zero-order valence-electron chi connectivity index (χ0n) is 10.5. The molecule has 1 aliphatic carbocycles. The number of sulfonamides is 1. The van der Waals surface area contributed by atoms with Crippen molar-refractivity contribution in [3.8, 4) is 6.07 Å². The molecule has 0 bridgehead atoms. The van der Waals surface area contributed by atoms with Gasteiger partial charge in [-0.05, 0) is 37.1 Å². The fourth-order valence-electron chi connectivity index (χ4n) is 2.40. The molecule has 5 nitrogen and oxygen atoms in total. The van der Waals surface area contributed by atoms with Gasteiger partial charge in [-0.15, -0.1) is 0 Å². The van der Waals surface area contributed by atoms with E-state index in [4.69, 9.17) is 5.26 Å². The van der Waals surface area contributed by atoms with Crippen LogP contribution in [0.1, 0.15) is 31.2 Å². The Bertz CT molecular complexity index is 581. The Kier molecular flexibility index (Phi) is 3.90. The van der Waals surface area contributed by atoms with Crippen molar-refractivity contribution in [1.82, 2.24) is 4.72 Å². The lowest BCUT2D eigenvalue weighted by molar-refractivity contribution is 0.185. The van der Waals surface area contributed by atoms with Crippen LogP contribution in [0.15, 0.2) is 29.2 Å². The Morgan fingerprint density at radius 2 is 1.84 bits per heavy atom. The molecule has 0 radical (unpaired) electrons. The van der Waals surface area contributed by atoms with Gasteiger partial charge in [-0.3, -0.25) is 0 Å². The number of hydrogen-bond donors (Lipinski definition) is 2. The number of aliphatic hydroxyl groups is 1. The van der Waals surface area contributed by atoms with E-state index in [0.717, 1.165) is 12.8 Å². The summed E-state index contributed by atoms with van der Waals surface area (Å²) in [6, 6.07) is 7.68. The maximum atomic E-state index is 12.2. The minimum Gasteiger partial charge on any atom is -0.394 e. The van der Waals surface area contributed by atoms with Crippen molar-refractivity contribution in [1.29, 1.82) is 5.26 Å². The smallest absolute Gasteiger partial charge is 0.241 e. The number of nitrogens with zero attached hydrogens (tertiary/aromatic N) is 1. The first-order valence-electron chi connectivity index (χ1n) is 6.16. The number of rotatable bonds is 4. The maximum Gasteiger partial charge on any atom is 0.241 e. The van der Waals surface area contributed by atoms with Crippen molar-refractivity contribution < 1.29 is 13.5 Å². The Balaban J connectivity index is 2.24. The molecule has 102 valence electrons. The predicted molar refractivity (Wildman–Crippen MR) is 69.8 cm³/mol.